The molecule has 5 heteroatoms. The predicted molar refractivity (Wildman–Crippen MR) is 67.0 cm³/mol. The summed E-state index contributed by atoms with van der Waals surface area (Å²) in [6.07, 6.45) is 0.568. The summed E-state index contributed by atoms with van der Waals surface area (Å²) in [4.78, 5) is 11.5. The van der Waals surface area contributed by atoms with Gasteiger partial charge >= 0.3 is 0 Å². The first-order chi connectivity index (χ1) is 7.04. The van der Waals surface area contributed by atoms with Crippen LogP contribution in [0, 0.1) is 6.92 Å². The van der Waals surface area contributed by atoms with Crippen molar-refractivity contribution in [3.8, 4) is 5.75 Å². The molecule has 0 fully saturated rings. The van der Waals surface area contributed by atoms with E-state index in [2.05, 4.69) is 5.32 Å². The van der Waals surface area contributed by atoms with Crippen LogP contribution in [0.2, 0.25) is 0 Å². The van der Waals surface area contributed by atoms with Crippen molar-refractivity contribution in [3.05, 3.63) is 23.8 Å². The number of rotatable bonds is 3. The van der Waals surface area contributed by atoms with Crippen molar-refractivity contribution in [2.24, 2.45) is 5.73 Å². The van der Waals surface area contributed by atoms with Crippen LogP contribution < -0.4 is 11.1 Å². The van der Waals surface area contributed by atoms with Gasteiger partial charge in [0.1, 0.15) is 5.75 Å². The van der Waals surface area contributed by atoms with Crippen LogP contribution in [0.25, 0.3) is 0 Å². The summed E-state index contributed by atoms with van der Waals surface area (Å²) in [6.45, 7) is 3.72. The summed E-state index contributed by atoms with van der Waals surface area (Å²) in [6, 6.07) is 4.48. The predicted octanol–water partition coefficient (Wildman–Crippen LogP) is 1.80. The molecule has 0 unspecified atom stereocenters. The van der Waals surface area contributed by atoms with Crippen LogP contribution in [0.15, 0.2) is 18.2 Å². The molecule has 1 amide bonds. The number of anilines is 1. The quantitative estimate of drug-likeness (QED) is 0.710. The fourth-order valence-electron chi connectivity index (χ4n) is 1.16. The molecule has 0 aromatic heterocycles. The summed E-state index contributed by atoms with van der Waals surface area (Å²) in [7, 11) is 0. The Bertz CT molecular complexity index is 369. The van der Waals surface area contributed by atoms with E-state index < -0.39 is 6.04 Å². The fourth-order valence-corrected chi connectivity index (χ4v) is 1.16. The van der Waals surface area contributed by atoms with Crippen LogP contribution in [0.5, 0.6) is 5.75 Å². The molecule has 1 aromatic rings. The van der Waals surface area contributed by atoms with Gasteiger partial charge in [-0.3, -0.25) is 4.79 Å². The van der Waals surface area contributed by atoms with Gasteiger partial charge in [-0.2, -0.15) is 0 Å². The number of carbonyl (C=O) groups excluding carboxylic acids is 1. The maximum atomic E-state index is 11.5. The van der Waals surface area contributed by atoms with E-state index in [1.807, 2.05) is 13.8 Å². The lowest BCUT2D eigenvalue weighted by Gasteiger charge is -2.11. The fraction of sp³-hybridized carbons (Fsp3) is 0.364. The van der Waals surface area contributed by atoms with E-state index in [4.69, 9.17) is 5.73 Å². The van der Waals surface area contributed by atoms with E-state index >= 15 is 0 Å². The van der Waals surface area contributed by atoms with Crippen molar-refractivity contribution in [2.45, 2.75) is 26.3 Å². The van der Waals surface area contributed by atoms with Crippen LogP contribution in [0.4, 0.5) is 5.69 Å². The van der Waals surface area contributed by atoms with Gasteiger partial charge in [0.2, 0.25) is 5.91 Å². The van der Waals surface area contributed by atoms with Crippen molar-refractivity contribution < 1.29 is 9.90 Å². The molecule has 4 nitrogen and oxygen atoms in total. The van der Waals surface area contributed by atoms with E-state index in [1.54, 1.807) is 18.2 Å². The van der Waals surface area contributed by atoms with Gasteiger partial charge in [0.25, 0.3) is 0 Å². The van der Waals surface area contributed by atoms with Gasteiger partial charge in [0.05, 0.1) is 11.7 Å². The van der Waals surface area contributed by atoms with Crippen LogP contribution in [-0.2, 0) is 4.79 Å². The Morgan fingerprint density at radius 3 is 2.75 bits per heavy atom. The highest BCUT2D eigenvalue weighted by atomic mass is 35.5. The zero-order valence-corrected chi connectivity index (χ0v) is 10.2. The van der Waals surface area contributed by atoms with E-state index in [0.29, 0.717) is 12.1 Å². The normalized spacial score (nSPS) is 11.4. The van der Waals surface area contributed by atoms with E-state index in [-0.39, 0.29) is 24.1 Å². The molecule has 0 saturated carbocycles. The number of aromatic hydroxyl groups is 1. The number of carbonyl (C=O) groups is 1. The van der Waals surface area contributed by atoms with Gasteiger partial charge in [-0.15, -0.1) is 12.4 Å². The lowest BCUT2D eigenvalue weighted by atomic mass is 10.2. The largest absolute Gasteiger partial charge is 0.506 e. The van der Waals surface area contributed by atoms with Gasteiger partial charge in [0.15, 0.2) is 0 Å². The molecule has 0 aliphatic rings. The molecule has 0 aliphatic carbocycles. The Labute approximate surface area is 101 Å². The van der Waals surface area contributed by atoms with Gasteiger partial charge < -0.3 is 16.2 Å². The average Bonchev–Trinajstić information content (AvgIpc) is 2.22. The molecule has 0 saturated heterocycles. The highest BCUT2D eigenvalue weighted by Gasteiger charge is 2.12. The van der Waals surface area contributed by atoms with Crippen LogP contribution in [-0.4, -0.2) is 17.1 Å². The molecule has 1 atom stereocenters. The van der Waals surface area contributed by atoms with Crippen molar-refractivity contribution in [1.82, 2.24) is 0 Å². The Morgan fingerprint density at radius 2 is 2.19 bits per heavy atom. The lowest BCUT2D eigenvalue weighted by molar-refractivity contribution is -0.117. The smallest absolute Gasteiger partial charge is 0.241 e. The van der Waals surface area contributed by atoms with Gasteiger partial charge in [-0.1, -0.05) is 13.0 Å². The van der Waals surface area contributed by atoms with Crippen molar-refractivity contribution in [1.29, 1.82) is 0 Å². The Hall–Kier alpha value is -1.26. The second-order valence-corrected chi connectivity index (χ2v) is 3.52. The van der Waals surface area contributed by atoms with Gasteiger partial charge in [-0.25, -0.2) is 0 Å². The first-order valence-corrected chi connectivity index (χ1v) is 4.90. The molecular formula is C11H17ClN2O2. The van der Waals surface area contributed by atoms with Crippen molar-refractivity contribution in [2.75, 3.05) is 5.32 Å². The molecule has 0 bridgehead atoms. The summed E-state index contributed by atoms with van der Waals surface area (Å²) in [5.41, 5.74) is 6.93. The Balaban J connectivity index is 0.00000225. The van der Waals surface area contributed by atoms with Crippen LogP contribution in [0.1, 0.15) is 18.9 Å². The third-order valence-corrected chi connectivity index (χ3v) is 2.19. The SMILES string of the molecule is CC[C@H](N)C(=O)Nc1cc(C)ccc1O.Cl. The second kappa shape index (κ2) is 6.35. The second-order valence-electron chi connectivity index (χ2n) is 3.52. The summed E-state index contributed by atoms with van der Waals surface area (Å²) < 4.78 is 0. The number of phenols is 1. The minimum absolute atomic E-state index is 0. The monoisotopic (exact) mass is 244 g/mol. The number of benzene rings is 1. The number of amides is 1. The third-order valence-electron chi connectivity index (χ3n) is 2.19. The van der Waals surface area contributed by atoms with Gasteiger partial charge in [0, 0.05) is 0 Å². The molecule has 16 heavy (non-hydrogen) atoms. The Morgan fingerprint density at radius 1 is 1.56 bits per heavy atom. The molecule has 1 rings (SSSR count). The van der Waals surface area contributed by atoms with Crippen molar-refractivity contribution >= 4 is 24.0 Å². The third kappa shape index (κ3) is 3.72. The van der Waals surface area contributed by atoms with Crippen LogP contribution >= 0.6 is 12.4 Å². The van der Waals surface area contributed by atoms with Crippen molar-refractivity contribution in [3.63, 3.8) is 0 Å². The molecular weight excluding hydrogens is 228 g/mol. The maximum Gasteiger partial charge on any atom is 0.241 e. The molecule has 90 valence electrons. The average molecular weight is 245 g/mol. The van der Waals surface area contributed by atoms with E-state index in [0.717, 1.165) is 5.56 Å². The molecule has 0 heterocycles. The maximum absolute atomic E-state index is 11.5. The summed E-state index contributed by atoms with van der Waals surface area (Å²) in [5, 5.41) is 12.1. The lowest BCUT2D eigenvalue weighted by Crippen LogP contribution is -2.34. The highest BCUT2D eigenvalue weighted by Crippen LogP contribution is 2.23. The summed E-state index contributed by atoms with van der Waals surface area (Å²) in [5.74, 6) is -0.226. The number of nitrogens with two attached hydrogens (primary N) is 1. The van der Waals surface area contributed by atoms with E-state index in [1.165, 1.54) is 0 Å². The number of aryl methyl sites for hydroxylation is 1. The molecule has 1 aromatic carbocycles. The molecule has 4 N–H and O–H groups in total. The number of hydrogen-bond donors (Lipinski definition) is 3. The van der Waals surface area contributed by atoms with Gasteiger partial charge in [-0.05, 0) is 31.0 Å². The Kier molecular flexibility index (Phi) is 5.85. The molecule has 0 spiro atoms. The standard InChI is InChI=1S/C11H16N2O2.ClH/c1-3-8(12)11(15)13-9-6-7(2)4-5-10(9)14;/h4-6,8,14H,3,12H2,1-2H3,(H,13,15);1H/t8-;/m0./s1. The number of nitrogens with one attached hydrogen (secondary N) is 1. The first kappa shape index (κ1) is 14.7. The molecule has 0 aliphatic heterocycles. The van der Waals surface area contributed by atoms with Crippen LogP contribution in [0.3, 0.4) is 0 Å². The zero-order chi connectivity index (χ0) is 11.4. The minimum Gasteiger partial charge on any atom is -0.506 e. The zero-order valence-electron chi connectivity index (χ0n) is 9.36. The summed E-state index contributed by atoms with van der Waals surface area (Å²) >= 11 is 0. The topological polar surface area (TPSA) is 75.4 Å². The molecule has 0 radical (unpaired) electrons. The minimum atomic E-state index is -0.537. The highest BCUT2D eigenvalue weighted by molar-refractivity contribution is 5.95. The number of halogens is 1. The first-order valence-electron chi connectivity index (χ1n) is 4.90. The van der Waals surface area contributed by atoms with E-state index in [9.17, 15) is 9.90 Å². The number of phenolic OH excluding ortho intramolecular Hbond substituents is 1. The number of hydrogen-bond acceptors (Lipinski definition) is 3.